The molecule has 6 heteroatoms. The molecule has 1 aromatic carbocycles. The zero-order chi connectivity index (χ0) is 17.7. The number of nitrogens with one attached hydrogen (secondary N) is 2. The molecular weight excluding hydrogens is 308 g/mol. The van der Waals surface area contributed by atoms with Crippen LogP contribution in [0.5, 0.6) is 5.75 Å². The first-order valence-electron chi connectivity index (χ1n) is 8.11. The Kier molecular flexibility index (Phi) is 5.84. The van der Waals surface area contributed by atoms with Crippen LogP contribution < -0.4 is 15.4 Å². The summed E-state index contributed by atoms with van der Waals surface area (Å²) in [4.78, 5) is 24.5. The number of ether oxygens (including phenoxy) is 2. The Bertz CT molecular complexity index is 652. The Labute approximate surface area is 142 Å². The van der Waals surface area contributed by atoms with Crippen LogP contribution in [-0.2, 0) is 9.53 Å². The summed E-state index contributed by atoms with van der Waals surface area (Å²) in [5, 5.41) is 5.43. The number of amides is 2. The number of hydrogen-bond acceptors (Lipinski definition) is 4. The first kappa shape index (κ1) is 17.8. The maximum atomic E-state index is 12.6. The number of urea groups is 1. The molecule has 24 heavy (non-hydrogen) atoms. The average molecular weight is 332 g/mol. The molecule has 0 radical (unpaired) electrons. The molecule has 1 unspecified atom stereocenters. The summed E-state index contributed by atoms with van der Waals surface area (Å²) in [5.41, 5.74) is 1.61. The van der Waals surface area contributed by atoms with E-state index in [2.05, 4.69) is 10.6 Å². The molecule has 1 aliphatic heterocycles. The van der Waals surface area contributed by atoms with Crippen molar-refractivity contribution in [3.8, 4) is 5.75 Å². The maximum absolute atomic E-state index is 12.6. The standard InChI is InChI=1S/C18H24N2O4/c1-5-23-14-9-7-6-8-13(14)16-15(12(4)19-18(22)20-16)17(21)24-10-11(2)3/h6-9,11,16H,5,10H2,1-4H3,(H2,19,20,22). The molecule has 1 aliphatic rings. The van der Waals surface area contributed by atoms with Gasteiger partial charge in [0.25, 0.3) is 0 Å². The van der Waals surface area contributed by atoms with Gasteiger partial charge < -0.3 is 20.1 Å². The third kappa shape index (κ3) is 4.07. The highest BCUT2D eigenvalue weighted by molar-refractivity contribution is 5.95. The van der Waals surface area contributed by atoms with Crippen molar-refractivity contribution in [2.24, 2.45) is 5.92 Å². The van der Waals surface area contributed by atoms with E-state index in [0.29, 0.717) is 30.2 Å². The molecule has 1 aromatic rings. The van der Waals surface area contributed by atoms with Crippen molar-refractivity contribution in [3.05, 3.63) is 41.1 Å². The van der Waals surface area contributed by atoms with Crippen molar-refractivity contribution in [2.75, 3.05) is 13.2 Å². The predicted molar refractivity (Wildman–Crippen MR) is 90.5 cm³/mol. The van der Waals surface area contributed by atoms with E-state index < -0.39 is 12.0 Å². The highest BCUT2D eigenvalue weighted by atomic mass is 16.5. The Morgan fingerprint density at radius 2 is 2.00 bits per heavy atom. The van der Waals surface area contributed by atoms with Gasteiger partial charge in [-0.25, -0.2) is 9.59 Å². The zero-order valence-corrected chi connectivity index (χ0v) is 14.5. The van der Waals surface area contributed by atoms with Gasteiger partial charge in [-0.05, 0) is 25.8 Å². The molecule has 1 atom stereocenters. The van der Waals surface area contributed by atoms with Crippen molar-refractivity contribution >= 4 is 12.0 Å². The summed E-state index contributed by atoms with van der Waals surface area (Å²) in [6.45, 7) is 8.33. The van der Waals surface area contributed by atoms with Gasteiger partial charge in [-0.2, -0.15) is 0 Å². The van der Waals surface area contributed by atoms with E-state index in [0.717, 1.165) is 5.56 Å². The largest absolute Gasteiger partial charge is 0.494 e. The molecule has 1 heterocycles. The number of benzene rings is 1. The lowest BCUT2D eigenvalue weighted by Crippen LogP contribution is -2.45. The van der Waals surface area contributed by atoms with Gasteiger partial charge in [0.1, 0.15) is 5.75 Å². The van der Waals surface area contributed by atoms with E-state index >= 15 is 0 Å². The van der Waals surface area contributed by atoms with Gasteiger partial charge in [0, 0.05) is 11.3 Å². The predicted octanol–water partition coefficient (Wildman–Crippen LogP) is 2.91. The molecule has 2 rings (SSSR count). The molecule has 0 spiro atoms. The lowest BCUT2D eigenvalue weighted by molar-refractivity contribution is -0.140. The molecule has 2 amide bonds. The third-order valence-electron chi connectivity index (χ3n) is 3.57. The minimum Gasteiger partial charge on any atom is -0.494 e. The van der Waals surface area contributed by atoms with Crippen LogP contribution >= 0.6 is 0 Å². The molecule has 6 nitrogen and oxygen atoms in total. The maximum Gasteiger partial charge on any atom is 0.338 e. The van der Waals surface area contributed by atoms with Gasteiger partial charge in [-0.15, -0.1) is 0 Å². The molecule has 0 bridgehead atoms. The van der Waals surface area contributed by atoms with Gasteiger partial charge in [-0.1, -0.05) is 32.0 Å². The first-order chi connectivity index (χ1) is 11.4. The lowest BCUT2D eigenvalue weighted by atomic mass is 9.95. The summed E-state index contributed by atoms with van der Waals surface area (Å²) in [7, 11) is 0. The first-order valence-corrected chi connectivity index (χ1v) is 8.11. The number of carbonyl (C=O) groups excluding carboxylic acids is 2. The van der Waals surface area contributed by atoms with E-state index in [-0.39, 0.29) is 11.9 Å². The fourth-order valence-electron chi connectivity index (χ4n) is 2.52. The smallest absolute Gasteiger partial charge is 0.338 e. The van der Waals surface area contributed by atoms with Crippen molar-refractivity contribution < 1.29 is 19.1 Å². The Balaban J connectivity index is 2.40. The normalized spacial score (nSPS) is 17.4. The van der Waals surface area contributed by atoms with E-state index in [9.17, 15) is 9.59 Å². The van der Waals surface area contributed by atoms with Crippen molar-refractivity contribution in [2.45, 2.75) is 33.7 Å². The molecule has 0 aromatic heterocycles. The molecule has 130 valence electrons. The van der Waals surface area contributed by atoms with Gasteiger partial charge in [0.15, 0.2) is 0 Å². The van der Waals surface area contributed by atoms with Gasteiger partial charge in [0.05, 0.1) is 24.8 Å². The number of esters is 1. The van der Waals surface area contributed by atoms with Crippen molar-refractivity contribution in [1.82, 2.24) is 10.6 Å². The SMILES string of the molecule is CCOc1ccccc1C1NC(=O)NC(C)=C1C(=O)OCC(C)C. The third-order valence-corrected chi connectivity index (χ3v) is 3.57. The number of rotatable bonds is 6. The topological polar surface area (TPSA) is 76.7 Å². The number of para-hydroxylation sites is 1. The van der Waals surface area contributed by atoms with Gasteiger partial charge in [-0.3, -0.25) is 0 Å². The van der Waals surface area contributed by atoms with Crippen LogP contribution in [0.4, 0.5) is 4.79 Å². The van der Waals surface area contributed by atoms with Crippen LogP contribution in [0.3, 0.4) is 0 Å². The molecule has 0 fully saturated rings. The summed E-state index contributed by atoms with van der Waals surface area (Å²) in [6, 6.07) is 6.39. The van der Waals surface area contributed by atoms with Crippen LogP contribution in [0.1, 0.15) is 39.3 Å². The van der Waals surface area contributed by atoms with Crippen LogP contribution in [0.15, 0.2) is 35.5 Å². The Morgan fingerprint density at radius 1 is 1.29 bits per heavy atom. The van der Waals surface area contributed by atoms with Crippen LogP contribution in [0.2, 0.25) is 0 Å². The number of carbonyl (C=O) groups is 2. The zero-order valence-electron chi connectivity index (χ0n) is 14.5. The van der Waals surface area contributed by atoms with E-state index in [4.69, 9.17) is 9.47 Å². The monoisotopic (exact) mass is 332 g/mol. The Hall–Kier alpha value is -2.50. The quantitative estimate of drug-likeness (QED) is 0.785. The molecular formula is C18H24N2O4. The number of hydrogen-bond donors (Lipinski definition) is 2. The second kappa shape index (κ2) is 7.86. The minimum atomic E-state index is -0.610. The molecule has 2 N–H and O–H groups in total. The molecule has 0 aliphatic carbocycles. The fourth-order valence-corrected chi connectivity index (χ4v) is 2.52. The fraction of sp³-hybridized carbons (Fsp3) is 0.444. The second-order valence-electron chi connectivity index (χ2n) is 6.03. The van der Waals surface area contributed by atoms with Crippen LogP contribution in [0.25, 0.3) is 0 Å². The average Bonchev–Trinajstić information content (AvgIpc) is 2.52. The van der Waals surface area contributed by atoms with Gasteiger partial charge >= 0.3 is 12.0 Å². The minimum absolute atomic E-state index is 0.232. The lowest BCUT2D eigenvalue weighted by Gasteiger charge is -2.29. The summed E-state index contributed by atoms with van der Waals surface area (Å²) >= 11 is 0. The van der Waals surface area contributed by atoms with Crippen molar-refractivity contribution in [3.63, 3.8) is 0 Å². The summed E-state index contributed by atoms with van der Waals surface area (Å²) in [6.07, 6.45) is 0. The molecule has 0 saturated carbocycles. The van der Waals surface area contributed by atoms with Crippen LogP contribution in [-0.4, -0.2) is 25.2 Å². The Morgan fingerprint density at radius 3 is 2.67 bits per heavy atom. The number of allylic oxidation sites excluding steroid dienone is 1. The van der Waals surface area contributed by atoms with Gasteiger partial charge in [0.2, 0.25) is 0 Å². The highest BCUT2D eigenvalue weighted by Crippen LogP contribution is 2.33. The van der Waals surface area contributed by atoms with Crippen LogP contribution in [0, 0.1) is 5.92 Å². The summed E-state index contributed by atoms with van der Waals surface area (Å²) < 4.78 is 11.0. The van der Waals surface area contributed by atoms with E-state index in [1.807, 2.05) is 45.0 Å². The van der Waals surface area contributed by atoms with Crippen molar-refractivity contribution in [1.29, 1.82) is 0 Å². The summed E-state index contributed by atoms with van der Waals surface area (Å²) in [5.74, 6) is 0.425. The molecule has 0 saturated heterocycles. The second-order valence-corrected chi connectivity index (χ2v) is 6.03. The highest BCUT2D eigenvalue weighted by Gasteiger charge is 2.33. The van der Waals surface area contributed by atoms with E-state index in [1.54, 1.807) is 6.92 Å². The van der Waals surface area contributed by atoms with E-state index in [1.165, 1.54) is 0 Å².